The molecule has 3 rings (SSSR count). The molecule has 2 aromatic carbocycles. The van der Waals surface area contributed by atoms with E-state index in [2.05, 4.69) is 18.3 Å². The van der Waals surface area contributed by atoms with E-state index in [4.69, 9.17) is 9.72 Å². The minimum atomic E-state index is -0.0214. The molecule has 1 N–H and O–H groups in total. The summed E-state index contributed by atoms with van der Waals surface area (Å²) in [6.07, 6.45) is 0.887. The van der Waals surface area contributed by atoms with Crippen molar-refractivity contribution >= 4 is 34.3 Å². The maximum absolute atomic E-state index is 12.3. The summed E-state index contributed by atoms with van der Waals surface area (Å²) in [4.78, 5) is 17.0. The second-order valence-electron chi connectivity index (χ2n) is 6.02. The van der Waals surface area contributed by atoms with Crippen molar-refractivity contribution in [2.24, 2.45) is 0 Å². The summed E-state index contributed by atoms with van der Waals surface area (Å²) < 4.78 is 5.26. The number of aromatic nitrogens is 1. The van der Waals surface area contributed by atoms with Crippen LogP contribution < -0.4 is 10.1 Å². The van der Waals surface area contributed by atoms with Crippen LogP contribution in [0, 0.1) is 6.92 Å². The van der Waals surface area contributed by atoms with Crippen LogP contribution in [0.25, 0.3) is 10.9 Å². The number of hydrogen-bond donors (Lipinski definition) is 1. The van der Waals surface area contributed by atoms with E-state index < -0.39 is 0 Å². The van der Waals surface area contributed by atoms with E-state index in [1.165, 1.54) is 11.8 Å². The van der Waals surface area contributed by atoms with Gasteiger partial charge >= 0.3 is 0 Å². The van der Waals surface area contributed by atoms with Gasteiger partial charge in [-0.2, -0.15) is 0 Å². The van der Waals surface area contributed by atoms with Crippen molar-refractivity contribution in [3.8, 4) is 5.75 Å². The summed E-state index contributed by atoms with van der Waals surface area (Å²) in [5, 5.41) is 4.91. The highest BCUT2D eigenvalue weighted by Gasteiger charge is 2.10. The molecule has 0 unspecified atom stereocenters. The number of benzene rings is 2. The number of amides is 1. The minimum Gasteiger partial charge on any atom is -0.497 e. The van der Waals surface area contributed by atoms with Crippen LogP contribution in [-0.2, 0) is 11.2 Å². The van der Waals surface area contributed by atoms with Crippen LogP contribution in [-0.4, -0.2) is 23.8 Å². The van der Waals surface area contributed by atoms with Crippen LogP contribution in [0.4, 0.5) is 5.69 Å². The predicted octanol–water partition coefficient (Wildman–Crippen LogP) is 4.85. The zero-order valence-electron chi connectivity index (χ0n) is 15.2. The summed E-state index contributed by atoms with van der Waals surface area (Å²) in [7, 11) is 1.65. The van der Waals surface area contributed by atoms with Crippen LogP contribution in [0.5, 0.6) is 5.75 Å². The normalized spacial score (nSPS) is 10.7. The summed E-state index contributed by atoms with van der Waals surface area (Å²) in [5.41, 5.74) is 3.98. The highest BCUT2D eigenvalue weighted by Crippen LogP contribution is 2.27. The molecule has 0 saturated heterocycles. The van der Waals surface area contributed by atoms with E-state index in [0.29, 0.717) is 5.75 Å². The van der Waals surface area contributed by atoms with Crippen molar-refractivity contribution in [1.82, 2.24) is 4.98 Å². The summed E-state index contributed by atoms with van der Waals surface area (Å²) in [6.45, 7) is 4.09. The largest absolute Gasteiger partial charge is 0.497 e. The highest BCUT2D eigenvalue weighted by molar-refractivity contribution is 8.00. The quantitative estimate of drug-likeness (QED) is 0.634. The SMILES string of the molecule is CCc1ccccc1NC(=O)CSc1nc2ccc(OC)cc2cc1C. The molecule has 4 nitrogen and oxygen atoms in total. The molecule has 0 bridgehead atoms. The number of nitrogens with one attached hydrogen (secondary N) is 1. The monoisotopic (exact) mass is 366 g/mol. The Labute approximate surface area is 158 Å². The number of carbonyl (C=O) groups excluding carboxylic acids is 1. The lowest BCUT2D eigenvalue weighted by molar-refractivity contribution is -0.113. The van der Waals surface area contributed by atoms with Gasteiger partial charge in [0.2, 0.25) is 5.91 Å². The standard InChI is InChI=1S/C21H22N2O2S/c1-4-15-7-5-6-8-18(15)22-20(24)13-26-21-14(2)11-16-12-17(25-3)9-10-19(16)23-21/h5-12H,4,13H2,1-3H3,(H,22,24). The fourth-order valence-electron chi connectivity index (χ4n) is 2.79. The fourth-order valence-corrected chi connectivity index (χ4v) is 3.58. The zero-order valence-corrected chi connectivity index (χ0v) is 16.0. The predicted molar refractivity (Wildman–Crippen MR) is 108 cm³/mol. The number of thioether (sulfide) groups is 1. The van der Waals surface area contributed by atoms with Crippen LogP contribution >= 0.6 is 11.8 Å². The van der Waals surface area contributed by atoms with E-state index in [1.807, 2.05) is 49.4 Å². The number of hydrogen-bond acceptors (Lipinski definition) is 4. The van der Waals surface area contributed by atoms with E-state index in [0.717, 1.165) is 44.9 Å². The maximum atomic E-state index is 12.3. The molecule has 0 spiro atoms. The number of ether oxygens (including phenoxy) is 1. The van der Waals surface area contributed by atoms with Gasteiger partial charge in [-0.15, -0.1) is 0 Å². The molecule has 26 heavy (non-hydrogen) atoms. The third kappa shape index (κ3) is 4.17. The first-order valence-electron chi connectivity index (χ1n) is 8.56. The summed E-state index contributed by atoms with van der Waals surface area (Å²) >= 11 is 1.46. The molecule has 3 aromatic rings. The van der Waals surface area contributed by atoms with Gasteiger partial charge in [0.15, 0.2) is 0 Å². The molecule has 0 fully saturated rings. The molecule has 0 aliphatic carbocycles. The van der Waals surface area contributed by atoms with E-state index in [-0.39, 0.29) is 5.91 Å². The molecule has 134 valence electrons. The summed E-state index contributed by atoms with van der Waals surface area (Å²) in [5.74, 6) is 1.12. The molecule has 0 aliphatic rings. The molecular formula is C21H22N2O2S. The number of rotatable bonds is 6. The number of aryl methyl sites for hydroxylation is 2. The number of anilines is 1. The van der Waals surface area contributed by atoms with Gasteiger partial charge in [0, 0.05) is 11.1 Å². The van der Waals surface area contributed by atoms with Crippen LogP contribution in [0.2, 0.25) is 0 Å². The lowest BCUT2D eigenvalue weighted by atomic mass is 10.1. The van der Waals surface area contributed by atoms with Gasteiger partial charge < -0.3 is 10.1 Å². The first kappa shape index (κ1) is 18.3. The van der Waals surface area contributed by atoms with Gasteiger partial charge in [-0.25, -0.2) is 4.98 Å². The van der Waals surface area contributed by atoms with Crippen molar-refractivity contribution in [3.05, 3.63) is 59.7 Å². The fraction of sp³-hybridized carbons (Fsp3) is 0.238. The Hall–Kier alpha value is -2.53. The number of fused-ring (bicyclic) bond motifs is 1. The first-order valence-corrected chi connectivity index (χ1v) is 9.55. The van der Waals surface area contributed by atoms with Crippen molar-refractivity contribution < 1.29 is 9.53 Å². The number of carbonyl (C=O) groups is 1. The number of para-hydroxylation sites is 1. The lowest BCUT2D eigenvalue weighted by Crippen LogP contribution is -2.15. The molecule has 5 heteroatoms. The first-order chi connectivity index (χ1) is 12.6. The molecule has 0 radical (unpaired) electrons. The van der Waals surface area contributed by atoms with E-state index >= 15 is 0 Å². The Bertz CT molecular complexity index is 940. The molecular weight excluding hydrogens is 344 g/mol. The second-order valence-corrected chi connectivity index (χ2v) is 6.98. The molecule has 1 aromatic heterocycles. The van der Waals surface area contributed by atoms with Gasteiger partial charge in [-0.05, 0) is 54.8 Å². The number of nitrogens with zero attached hydrogens (tertiary/aromatic N) is 1. The molecule has 0 atom stereocenters. The van der Waals surface area contributed by atoms with Gasteiger partial charge in [0.1, 0.15) is 10.8 Å². The van der Waals surface area contributed by atoms with Gasteiger partial charge in [-0.1, -0.05) is 36.9 Å². The van der Waals surface area contributed by atoms with E-state index in [9.17, 15) is 4.79 Å². The number of pyridine rings is 1. The van der Waals surface area contributed by atoms with Crippen molar-refractivity contribution in [3.63, 3.8) is 0 Å². The van der Waals surface area contributed by atoms with Crippen LogP contribution in [0.1, 0.15) is 18.1 Å². The van der Waals surface area contributed by atoms with E-state index in [1.54, 1.807) is 7.11 Å². The van der Waals surface area contributed by atoms with Crippen LogP contribution in [0.3, 0.4) is 0 Å². The second kappa shape index (κ2) is 8.23. The highest BCUT2D eigenvalue weighted by atomic mass is 32.2. The lowest BCUT2D eigenvalue weighted by Gasteiger charge is -2.10. The van der Waals surface area contributed by atoms with Crippen molar-refractivity contribution in [1.29, 1.82) is 0 Å². The van der Waals surface area contributed by atoms with Crippen molar-refractivity contribution in [2.75, 3.05) is 18.2 Å². The zero-order chi connectivity index (χ0) is 18.5. The smallest absolute Gasteiger partial charge is 0.234 e. The topological polar surface area (TPSA) is 51.2 Å². The Morgan fingerprint density at radius 2 is 2.00 bits per heavy atom. The molecule has 0 saturated carbocycles. The van der Waals surface area contributed by atoms with Crippen LogP contribution in [0.15, 0.2) is 53.6 Å². The molecule has 1 heterocycles. The third-order valence-electron chi connectivity index (χ3n) is 4.18. The Morgan fingerprint density at radius 3 is 2.77 bits per heavy atom. The van der Waals surface area contributed by atoms with Gasteiger partial charge in [0.25, 0.3) is 0 Å². The minimum absolute atomic E-state index is 0.0214. The average Bonchev–Trinajstić information content (AvgIpc) is 2.66. The average molecular weight is 366 g/mol. The number of methoxy groups -OCH3 is 1. The Morgan fingerprint density at radius 1 is 1.19 bits per heavy atom. The molecule has 1 amide bonds. The Kier molecular flexibility index (Phi) is 5.78. The summed E-state index contributed by atoms with van der Waals surface area (Å²) in [6, 6.07) is 15.8. The molecule has 0 aliphatic heterocycles. The van der Waals surface area contributed by atoms with Crippen molar-refractivity contribution in [2.45, 2.75) is 25.3 Å². The maximum Gasteiger partial charge on any atom is 0.234 e. The van der Waals surface area contributed by atoms with Gasteiger partial charge in [0.05, 0.1) is 18.4 Å². The van der Waals surface area contributed by atoms with Gasteiger partial charge in [-0.3, -0.25) is 4.79 Å². The Balaban J connectivity index is 1.70. The third-order valence-corrected chi connectivity index (χ3v) is 5.27.